The fourth-order valence-electron chi connectivity index (χ4n) is 2.53. The number of nitro groups is 1. The van der Waals surface area contributed by atoms with E-state index in [2.05, 4.69) is 4.99 Å². The number of thiazole rings is 1. The minimum absolute atomic E-state index is 0.00936. The van der Waals surface area contributed by atoms with Gasteiger partial charge in [-0.3, -0.25) is 14.9 Å². The van der Waals surface area contributed by atoms with Crippen LogP contribution < -0.4 is 9.54 Å². The lowest BCUT2D eigenvalue weighted by Gasteiger charge is -2.04. The molecule has 8 heteroatoms. The molecule has 1 amide bonds. The van der Waals surface area contributed by atoms with Crippen LogP contribution in [0.3, 0.4) is 0 Å². The maximum absolute atomic E-state index is 12.6. The topological polar surface area (TPSA) is 86.7 Å². The number of nitrogens with zero attached hydrogens (tertiary/aromatic N) is 3. The van der Waals surface area contributed by atoms with E-state index in [0.29, 0.717) is 28.2 Å². The Bertz CT molecular complexity index is 1040. The van der Waals surface area contributed by atoms with Crippen molar-refractivity contribution in [2.45, 2.75) is 13.5 Å². The number of methoxy groups -OCH3 is 1. The molecule has 2 aromatic carbocycles. The first-order chi connectivity index (χ1) is 12.0. The maximum atomic E-state index is 12.6. The van der Waals surface area contributed by atoms with Gasteiger partial charge in [0.2, 0.25) is 0 Å². The first kappa shape index (κ1) is 16.8. The van der Waals surface area contributed by atoms with E-state index in [0.717, 1.165) is 4.70 Å². The van der Waals surface area contributed by atoms with E-state index in [1.54, 1.807) is 34.9 Å². The molecule has 1 aromatic heterocycles. The first-order valence-corrected chi connectivity index (χ1v) is 8.36. The van der Waals surface area contributed by atoms with Crippen molar-refractivity contribution in [3.8, 4) is 5.75 Å². The predicted octanol–water partition coefficient (Wildman–Crippen LogP) is 3.38. The molecule has 3 aromatic rings. The van der Waals surface area contributed by atoms with Gasteiger partial charge in [-0.1, -0.05) is 23.5 Å². The molecule has 0 aliphatic heterocycles. The zero-order valence-corrected chi connectivity index (χ0v) is 14.4. The Morgan fingerprint density at radius 2 is 2.08 bits per heavy atom. The summed E-state index contributed by atoms with van der Waals surface area (Å²) in [5, 5.41) is 11.0. The van der Waals surface area contributed by atoms with E-state index in [4.69, 9.17) is 4.74 Å². The molecule has 0 saturated heterocycles. The minimum atomic E-state index is -0.437. The van der Waals surface area contributed by atoms with Crippen molar-refractivity contribution in [3.05, 3.63) is 62.9 Å². The van der Waals surface area contributed by atoms with Crippen molar-refractivity contribution in [2.75, 3.05) is 7.11 Å². The summed E-state index contributed by atoms with van der Waals surface area (Å²) in [7, 11) is 1.50. The molecule has 0 bridgehead atoms. The number of carbonyl (C=O) groups is 1. The normalized spacial score (nSPS) is 11.7. The third kappa shape index (κ3) is 3.16. The fourth-order valence-corrected chi connectivity index (χ4v) is 3.60. The molecule has 0 unspecified atom stereocenters. The third-order valence-corrected chi connectivity index (χ3v) is 4.79. The zero-order chi connectivity index (χ0) is 18.0. The Hall–Kier alpha value is -3.00. The van der Waals surface area contributed by atoms with Gasteiger partial charge in [0, 0.05) is 18.7 Å². The number of non-ortho nitro benzene ring substituents is 1. The SMILES string of the molecule is CCn1c(=NC(=O)c2ccccc2OC)sc2ccc([N+](=O)[O-])cc21. The number of aromatic nitrogens is 1. The average Bonchev–Trinajstić information content (AvgIpc) is 2.97. The number of benzene rings is 2. The van der Waals surface area contributed by atoms with Gasteiger partial charge in [0.15, 0.2) is 4.80 Å². The average molecular weight is 357 g/mol. The zero-order valence-electron chi connectivity index (χ0n) is 13.6. The lowest BCUT2D eigenvalue weighted by molar-refractivity contribution is -0.384. The molecule has 0 spiro atoms. The smallest absolute Gasteiger partial charge is 0.283 e. The van der Waals surface area contributed by atoms with Gasteiger partial charge < -0.3 is 9.30 Å². The Morgan fingerprint density at radius 3 is 2.76 bits per heavy atom. The number of hydrogen-bond donors (Lipinski definition) is 0. The second kappa shape index (κ2) is 6.86. The van der Waals surface area contributed by atoms with E-state index >= 15 is 0 Å². The minimum Gasteiger partial charge on any atom is -0.496 e. The number of carbonyl (C=O) groups excluding carboxylic acids is 1. The van der Waals surface area contributed by atoms with E-state index < -0.39 is 10.8 Å². The molecule has 3 rings (SSSR count). The van der Waals surface area contributed by atoms with Crippen LogP contribution in [0.5, 0.6) is 5.75 Å². The maximum Gasteiger partial charge on any atom is 0.283 e. The Labute approximate surface area is 147 Å². The van der Waals surface area contributed by atoms with Gasteiger partial charge in [0.25, 0.3) is 11.6 Å². The van der Waals surface area contributed by atoms with Crippen molar-refractivity contribution < 1.29 is 14.5 Å². The largest absolute Gasteiger partial charge is 0.496 e. The second-order valence-electron chi connectivity index (χ2n) is 5.16. The van der Waals surface area contributed by atoms with Crippen LogP contribution >= 0.6 is 11.3 Å². The van der Waals surface area contributed by atoms with Gasteiger partial charge in [0.05, 0.1) is 27.8 Å². The number of amides is 1. The van der Waals surface area contributed by atoms with Gasteiger partial charge in [-0.15, -0.1) is 0 Å². The van der Waals surface area contributed by atoms with Crippen LogP contribution in [-0.4, -0.2) is 22.5 Å². The molecule has 0 aliphatic rings. The number of ether oxygens (including phenoxy) is 1. The van der Waals surface area contributed by atoms with Gasteiger partial charge in [0.1, 0.15) is 5.75 Å². The summed E-state index contributed by atoms with van der Waals surface area (Å²) in [6, 6.07) is 11.5. The number of fused-ring (bicyclic) bond motifs is 1. The molecule has 0 atom stereocenters. The Kier molecular flexibility index (Phi) is 4.62. The van der Waals surface area contributed by atoms with E-state index in [9.17, 15) is 14.9 Å². The van der Waals surface area contributed by atoms with Crippen LogP contribution in [0.15, 0.2) is 47.5 Å². The lowest BCUT2D eigenvalue weighted by Crippen LogP contribution is -2.16. The van der Waals surface area contributed by atoms with Gasteiger partial charge in [-0.2, -0.15) is 4.99 Å². The van der Waals surface area contributed by atoms with Crippen LogP contribution in [0.1, 0.15) is 17.3 Å². The fraction of sp³-hybridized carbons (Fsp3) is 0.176. The highest BCUT2D eigenvalue weighted by Crippen LogP contribution is 2.23. The number of para-hydroxylation sites is 1. The van der Waals surface area contributed by atoms with Gasteiger partial charge in [-0.05, 0) is 25.1 Å². The lowest BCUT2D eigenvalue weighted by atomic mass is 10.2. The molecular formula is C17H15N3O4S. The van der Waals surface area contributed by atoms with Gasteiger partial charge in [-0.25, -0.2) is 0 Å². The van der Waals surface area contributed by atoms with E-state index in [-0.39, 0.29) is 5.69 Å². The predicted molar refractivity (Wildman–Crippen MR) is 95.0 cm³/mol. The summed E-state index contributed by atoms with van der Waals surface area (Å²) in [6.07, 6.45) is 0. The summed E-state index contributed by atoms with van der Waals surface area (Å²) in [5.41, 5.74) is 1.07. The van der Waals surface area contributed by atoms with Gasteiger partial charge >= 0.3 is 0 Å². The van der Waals surface area contributed by atoms with Crippen LogP contribution in [0.4, 0.5) is 5.69 Å². The molecule has 128 valence electrons. The standard InChI is InChI=1S/C17H15N3O4S/c1-3-19-13-10-11(20(22)23)8-9-15(13)25-17(19)18-16(21)12-6-4-5-7-14(12)24-2/h4-10H,3H2,1-2H3. The third-order valence-electron chi connectivity index (χ3n) is 3.73. The summed E-state index contributed by atoms with van der Waals surface area (Å²) in [4.78, 5) is 27.8. The van der Waals surface area contributed by atoms with Crippen LogP contribution in [0.25, 0.3) is 10.2 Å². The highest BCUT2D eigenvalue weighted by molar-refractivity contribution is 7.16. The molecule has 0 fully saturated rings. The molecule has 0 radical (unpaired) electrons. The summed E-state index contributed by atoms with van der Waals surface area (Å²) in [5.74, 6) is 0.0387. The van der Waals surface area contributed by atoms with Crippen molar-refractivity contribution in [2.24, 2.45) is 4.99 Å². The van der Waals surface area contributed by atoms with Crippen molar-refractivity contribution in [1.82, 2.24) is 4.57 Å². The monoisotopic (exact) mass is 357 g/mol. The van der Waals surface area contributed by atoms with Crippen LogP contribution in [-0.2, 0) is 6.54 Å². The summed E-state index contributed by atoms with van der Waals surface area (Å²) < 4.78 is 7.83. The van der Waals surface area contributed by atoms with Crippen LogP contribution in [0, 0.1) is 10.1 Å². The summed E-state index contributed by atoms with van der Waals surface area (Å²) >= 11 is 1.32. The number of nitro benzene ring substituents is 1. The van der Waals surface area contributed by atoms with Crippen molar-refractivity contribution >= 4 is 33.1 Å². The Morgan fingerprint density at radius 1 is 1.32 bits per heavy atom. The second-order valence-corrected chi connectivity index (χ2v) is 6.16. The number of hydrogen-bond acceptors (Lipinski definition) is 5. The Balaban J connectivity index is 2.16. The van der Waals surface area contributed by atoms with E-state index in [1.165, 1.54) is 30.6 Å². The molecule has 25 heavy (non-hydrogen) atoms. The van der Waals surface area contributed by atoms with Crippen molar-refractivity contribution in [3.63, 3.8) is 0 Å². The van der Waals surface area contributed by atoms with Crippen LogP contribution in [0.2, 0.25) is 0 Å². The number of rotatable bonds is 4. The highest BCUT2D eigenvalue weighted by atomic mass is 32.1. The molecular weight excluding hydrogens is 342 g/mol. The quantitative estimate of drug-likeness (QED) is 0.529. The van der Waals surface area contributed by atoms with Crippen molar-refractivity contribution in [1.29, 1.82) is 0 Å². The molecule has 1 heterocycles. The molecule has 0 saturated carbocycles. The highest BCUT2D eigenvalue weighted by Gasteiger charge is 2.14. The van der Waals surface area contributed by atoms with E-state index in [1.807, 2.05) is 6.92 Å². The molecule has 0 N–H and O–H groups in total. The number of aryl methyl sites for hydroxylation is 1. The molecule has 7 nitrogen and oxygen atoms in total. The first-order valence-electron chi connectivity index (χ1n) is 7.55. The summed E-state index contributed by atoms with van der Waals surface area (Å²) in [6.45, 7) is 2.44. The molecule has 0 aliphatic carbocycles.